The average Bonchev–Trinajstić information content (AvgIpc) is 2.42. The molecule has 1 unspecified atom stereocenters. The van der Waals surface area contributed by atoms with Gasteiger partial charge in [0.25, 0.3) is 0 Å². The predicted octanol–water partition coefficient (Wildman–Crippen LogP) is 2.60. The van der Waals surface area contributed by atoms with Crippen molar-refractivity contribution in [2.45, 2.75) is 46.2 Å². The number of benzene rings is 1. The maximum absolute atomic E-state index is 11.2. The van der Waals surface area contributed by atoms with Crippen molar-refractivity contribution in [1.82, 2.24) is 10.2 Å². The van der Waals surface area contributed by atoms with E-state index in [2.05, 4.69) is 48.3 Å². The summed E-state index contributed by atoms with van der Waals surface area (Å²) >= 11 is 0. The van der Waals surface area contributed by atoms with E-state index >= 15 is 0 Å². The summed E-state index contributed by atoms with van der Waals surface area (Å²) in [5.41, 5.74) is 2.92. The summed E-state index contributed by atoms with van der Waals surface area (Å²) in [6.45, 7) is 8.95. The van der Waals surface area contributed by atoms with Crippen LogP contribution in [0.5, 0.6) is 0 Å². The van der Waals surface area contributed by atoms with Crippen LogP contribution in [0.15, 0.2) is 24.3 Å². The van der Waals surface area contributed by atoms with Gasteiger partial charge in [-0.2, -0.15) is 0 Å². The van der Waals surface area contributed by atoms with Crippen LogP contribution < -0.4 is 5.32 Å². The first-order valence-electron chi connectivity index (χ1n) is 7.61. The molecule has 1 aliphatic rings. The number of hydrogen-bond acceptors (Lipinski definition) is 2. The van der Waals surface area contributed by atoms with Crippen LogP contribution in [0.1, 0.15) is 38.3 Å². The molecule has 110 valence electrons. The third-order valence-corrected chi connectivity index (χ3v) is 4.01. The largest absolute Gasteiger partial charge is 0.355 e. The second-order valence-corrected chi connectivity index (χ2v) is 6.21. The Hall–Kier alpha value is -1.35. The van der Waals surface area contributed by atoms with Gasteiger partial charge in [-0.25, -0.2) is 0 Å². The number of nitrogens with one attached hydrogen (secondary N) is 1. The summed E-state index contributed by atoms with van der Waals surface area (Å²) < 4.78 is 0. The van der Waals surface area contributed by atoms with Gasteiger partial charge in [-0.05, 0) is 29.9 Å². The van der Waals surface area contributed by atoms with E-state index < -0.39 is 0 Å². The van der Waals surface area contributed by atoms with Gasteiger partial charge >= 0.3 is 0 Å². The summed E-state index contributed by atoms with van der Waals surface area (Å²) in [6, 6.07) is 9.14. The van der Waals surface area contributed by atoms with Gasteiger partial charge in [0, 0.05) is 32.6 Å². The second-order valence-electron chi connectivity index (χ2n) is 6.21. The number of nitrogens with zero attached hydrogens (tertiary/aromatic N) is 1. The topological polar surface area (TPSA) is 32.3 Å². The van der Waals surface area contributed by atoms with E-state index in [1.807, 2.05) is 0 Å². The Morgan fingerprint density at radius 1 is 1.30 bits per heavy atom. The van der Waals surface area contributed by atoms with Crippen molar-refractivity contribution in [2.24, 2.45) is 5.92 Å². The number of fused-ring (bicyclic) bond motifs is 1. The van der Waals surface area contributed by atoms with Gasteiger partial charge in [0.1, 0.15) is 0 Å². The van der Waals surface area contributed by atoms with Crippen LogP contribution in [-0.4, -0.2) is 29.9 Å². The molecule has 1 N–H and O–H groups in total. The predicted molar refractivity (Wildman–Crippen MR) is 82.5 cm³/mol. The fraction of sp³-hybridized carbons (Fsp3) is 0.588. The Morgan fingerprint density at radius 2 is 2.00 bits per heavy atom. The molecule has 0 bridgehead atoms. The molecule has 1 aromatic rings. The number of carbonyl (C=O) groups excluding carboxylic acids is 1. The van der Waals surface area contributed by atoms with Gasteiger partial charge in [-0.1, -0.05) is 38.1 Å². The van der Waals surface area contributed by atoms with E-state index in [0.717, 1.165) is 32.5 Å². The van der Waals surface area contributed by atoms with Crippen molar-refractivity contribution in [3.05, 3.63) is 35.4 Å². The Kier molecular flexibility index (Phi) is 5.18. The summed E-state index contributed by atoms with van der Waals surface area (Å²) in [6.07, 6.45) is 2.24. The minimum atomic E-state index is 0.0659. The maximum atomic E-state index is 11.2. The SMILES string of the molecule is CC(=O)NCC(CC(C)C)N1CCc2ccccc2C1. The van der Waals surface area contributed by atoms with Gasteiger partial charge in [-0.15, -0.1) is 0 Å². The molecule has 1 aliphatic heterocycles. The molecule has 0 spiro atoms. The van der Waals surface area contributed by atoms with Crippen molar-refractivity contribution in [3.63, 3.8) is 0 Å². The Labute approximate surface area is 122 Å². The van der Waals surface area contributed by atoms with Crippen molar-refractivity contribution in [1.29, 1.82) is 0 Å². The van der Waals surface area contributed by atoms with Crippen molar-refractivity contribution in [2.75, 3.05) is 13.1 Å². The van der Waals surface area contributed by atoms with Gasteiger partial charge in [0.05, 0.1) is 0 Å². The average molecular weight is 274 g/mol. The third kappa shape index (κ3) is 4.07. The highest BCUT2D eigenvalue weighted by molar-refractivity contribution is 5.72. The highest BCUT2D eigenvalue weighted by atomic mass is 16.1. The number of hydrogen-bond donors (Lipinski definition) is 1. The van der Waals surface area contributed by atoms with Crippen molar-refractivity contribution >= 4 is 5.91 Å². The van der Waals surface area contributed by atoms with Crippen LogP contribution in [0.4, 0.5) is 0 Å². The van der Waals surface area contributed by atoms with E-state index in [9.17, 15) is 4.79 Å². The molecule has 0 aliphatic carbocycles. The van der Waals surface area contributed by atoms with Crippen molar-refractivity contribution in [3.8, 4) is 0 Å². The molecule has 20 heavy (non-hydrogen) atoms. The summed E-state index contributed by atoms with van der Waals surface area (Å²) in [5.74, 6) is 0.710. The lowest BCUT2D eigenvalue weighted by Gasteiger charge is -2.36. The molecular formula is C17H26N2O. The van der Waals surface area contributed by atoms with Gasteiger partial charge in [-0.3, -0.25) is 9.69 Å². The summed E-state index contributed by atoms with van der Waals surface area (Å²) in [7, 11) is 0. The molecule has 1 atom stereocenters. The maximum Gasteiger partial charge on any atom is 0.216 e. The molecule has 1 aromatic carbocycles. The Bertz CT molecular complexity index is 456. The van der Waals surface area contributed by atoms with Gasteiger partial charge in [0.2, 0.25) is 5.91 Å². The van der Waals surface area contributed by atoms with Crippen LogP contribution in [-0.2, 0) is 17.8 Å². The van der Waals surface area contributed by atoms with Gasteiger partial charge < -0.3 is 5.32 Å². The van der Waals surface area contributed by atoms with E-state index in [1.54, 1.807) is 6.92 Å². The molecule has 1 amide bonds. The first-order valence-corrected chi connectivity index (χ1v) is 7.61. The van der Waals surface area contributed by atoms with E-state index in [-0.39, 0.29) is 5.91 Å². The van der Waals surface area contributed by atoms with Crippen LogP contribution in [0.2, 0.25) is 0 Å². The van der Waals surface area contributed by atoms with Crippen LogP contribution in [0, 0.1) is 5.92 Å². The molecule has 1 heterocycles. The highest BCUT2D eigenvalue weighted by Crippen LogP contribution is 2.22. The van der Waals surface area contributed by atoms with Crippen LogP contribution in [0.25, 0.3) is 0 Å². The normalized spacial score (nSPS) is 16.8. The zero-order valence-corrected chi connectivity index (χ0v) is 12.9. The molecular weight excluding hydrogens is 248 g/mol. The first-order chi connectivity index (χ1) is 9.56. The minimum Gasteiger partial charge on any atom is -0.355 e. The molecule has 0 saturated carbocycles. The van der Waals surface area contributed by atoms with Gasteiger partial charge in [0.15, 0.2) is 0 Å². The van der Waals surface area contributed by atoms with Crippen LogP contribution >= 0.6 is 0 Å². The van der Waals surface area contributed by atoms with E-state index in [0.29, 0.717) is 12.0 Å². The standard InChI is InChI=1S/C17H26N2O/c1-13(2)10-17(11-18-14(3)20)19-9-8-15-6-4-5-7-16(15)12-19/h4-7,13,17H,8-12H2,1-3H3,(H,18,20). The van der Waals surface area contributed by atoms with Crippen molar-refractivity contribution < 1.29 is 4.79 Å². The fourth-order valence-corrected chi connectivity index (χ4v) is 3.00. The minimum absolute atomic E-state index is 0.0659. The number of carbonyl (C=O) groups is 1. The zero-order valence-electron chi connectivity index (χ0n) is 12.9. The smallest absolute Gasteiger partial charge is 0.216 e. The third-order valence-electron chi connectivity index (χ3n) is 4.01. The number of amides is 1. The second kappa shape index (κ2) is 6.89. The lowest BCUT2D eigenvalue weighted by Crippen LogP contribution is -2.46. The molecule has 0 saturated heterocycles. The monoisotopic (exact) mass is 274 g/mol. The Morgan fingerprint density at radius 3 is 2.65 bits per heavy atom. The molecule has 3 heteroatoms. The number of rotatable bonds is 5. The quantitative estimate of drug-likeness (QED) is 0.895. The zero-order chi connectivity index (χ0) is 14.5. The lowest BCUT2D eigenvalue weighted by molar-refractivity contribution is -0.119. The van der Waals surface area contributed by atoms with E-state index in [4.69, 9.17) is 0 Å². The first kappa shape index (κ1) is 15.0. The molecule has 2 rings (SSSR count). The van der Waals surface area contributed by atoms with Crippen LogP contribution in [0.3, 0.4) is 0 Å². The fourth-order valence-electron chi connectivity index (χ4n) is 3.00. The molecule has 3 nitrogen and oxygen atoms in total. The molecule has 0 radical (unpaired) electrons. The van der Waals surface area contributed by atoms with E-state index in [1.165, 1.54) is 11.1 Å². The Balaban J connectivity index is 2.04. The molecule has 0 fully saturated rings. The molecule has 0 aromatic heterocycles. The summed E-state index contributed by atoms with van der Waals surface area (Å²) in [5, 5.41) is 2.99. The highest BCUT2D eigenvalue weighted by Gasteiger charge is 2.24. The summed E-state index contributed by atoms with van der Waals surface area (Å²) in [4.78, 5) is 13.7. The lowest BCUT2D eigenvalue weighted by atomic mass is 9.95.